The number of methoxy groups -OCH3 is 1. The van der Waals surface area contributed by atoms with Gasteiger partial charge in [-0.15, -0.1) is 0 Å². The van der Waals surface area contributed by atoms with Crippen LogP contribution in [-0.4, -0.2) is 42.8 Å². The van der Waals surface area contributed by atoms with E-state index in [9.17, 15) is 14.4 Å². The van der Waals surface area contributed by atoms with E-state index in [0.717, 1.165) is 5.56 Å². The van der Waals surface area contributed by atoms with Crippen LogP contribution in [0.3, 0.4) is 0 Å². The first-order valence-corrected chi connectivity index (χ1v) is 10.5. The lowest BCUT2D eigenvalue weighted by Gasteiger charge is -2.24. The van der Waals surface area contributed by atoms with Crippen molar-refractivity contribution in [1.82, 2.24) is 10.6 Å². The minimum absolute atomic E-state index is 0.0614. The van der Waals surface area contributed by atoms with Gasteiger partial charge in [0.1, 0.15) is 11.6 Å². The van der Waals surface area contributed by atoms with Crippen LogP contribution in [0.15, 0.2) is 42.5 Å². The first-order valence-electron chi connectivity index (χ1n) is 10.5. The zero-order chi connectivity index (χ0) is 23.6. The summed E-state index contributed by atoms with van der Waals surface area (Å²) in [5.41, 5.74) is 0.237. The van der Waals surface area contributed by atoms with E-state index in [-0.39, 0.29) is 23.8 Å². The SMILES string of the molecule is COC(=O)[C@H](/C=C/[C@H](C)NC(=O)[C@H](Cc1ccccc1)NC(=O)OC(C)(C)C)C(C)C. The molecule has 0 saturated carbocycles. The summed E-state index contributed by atoms with van der Waals surface area (Å²) in [7, 11) is 1.35. The fourth-order valence-corrected chi connectivity index (χ4v) is 2.88. The first-order chi connectivity index (χ1) is 14.4. The molecule has 0 aliphatic heterocycles. The number of ether oxygens (including phenoxy) is 2. The van der Waals surface area contributed by atoms with Crippen molar-refractivity contribution in [2.75, 3.05) is 7.11 Å². The van der Waals surface area contributed by atoms with Gasteiger partial charge in [0.2, 0.25) is 5.91 Å². The molecule has 0 bridgehead atoms. The number of benzene rings is 1. The molecule has 2 N–H and O–H groups in total. The van der Waals surface area contributed by atoms with Crippen molar-refractivity contribution in [2.45, 2.75) is 65.6 Å². The van der Waals surface area contributed by atoms with Crippen LogP contribution in [0.4, 0.5) is 4.79 Å². The van der Waals surface area contributed by atoms with Gasteiger partial charge < -0.3 is 20.1 Å². The molecule has 0 unspecified atom stereocenters. The summed E-state index contributed by atoms with van der Waals surface area (Å²) in [5.74, 6) is -1.00. The second-order valence-corrected chi connectivity index (χ2v) is 8.86. The molecule has 3 atom stereocenters. The summed E-state index contributed by atoms with van der Waals surface area (Å²) in [6.45, 7) is 10.9. The highest BCUT2D eigenvalue weighted by atomic mass is 16.6. The quantitative estimate of drug-likeness (QED) is 0.459. The normalized spacial score (nSPS) is 14.6. The molecule has 0 aliphatic rings. The highest BCUT2D eigenvalue weighted by molar-refractivity contribution is 5.86. The van der Waals surface area contributed by atoms with Crippen molar-refractivity contribution >= 4 is 18.0 Å². The molecule has 1 rings (SSSR count). The second-order valence-electron chi connectivity index (χ2n) is 8.86. The highest BCUT2D eigenvalue weighted by Gasteiger charge is 2.26. The standard InChI is InChI=1S/C24H36N2O5/c1-16(2)19(22(28)30-7)14-13-17(3)25-21(27)20(15-18-11-9-8-10-12-18)26-23(29)31-24(4,5)6/h8-14,16-17,19-20H,15H2,1-7H3,(H,25,27)(H,26,29)/b14-13+/t17-,19+,20-/m0/s1. The molecule has 0 saturated heterocycles. The molecular formula is C24H36N2O5. The molecule has 1 aromatic carbocycles. The molecule has 0 spiro atoms. The number of nitrogens with one attached hydrogen (secondary N) is 2. The van der Waals surface area contributed by atoms with Gasteiger partial charge in [-0.25, -0.2) is 4.79 Å². The van der Waals surface area contributed by atoms with Gasteiger partial charge in [-0.1, -0.05) is 56.3 Å². The van der Waals surface area contributed by atoms with Crippen LogP contribution in [0.2, 0.25) is 0 Å². The van der Waals surface area contributed by atoms with E-state index < -0.39 is 23.7 Å². The van der Waals surface area contributed by atoms with E-state index in [4.69, 9.17) is 9.47 Å². The number of esters is 1. The maximum absolute atomic E-state index is 12.9. The zero-order valence-corrected chi connectivity index (χ0v) is 19.6. The largest absolute Gasteiger partial charge is 0.469 e. The Kier molecular flexibility index (Phi) is 10.3. The number of rotatable bonds is 9. The third-order valence-electron chi connectivity index (χ3n) is 4.46. The Morgan fingerprint density at radius 1 is 1.00 bits per heavy atom. The number of hydrogen-bond acceptors (Lipinski definition) is 5. The lowest BCUT2D eigenvalue weighted by Crippen LogP contribution is -2.51. The minimum Gasteiger partial charge on any atom is -0.469 e. The van der Waals surface area contributed by atoms with Crippen LogP contribution in [0.1, 0.15) is 47.1 Å². The Hall–Kier alpha value is -2.83. The monoisotopic (exact) mass is 432 g/mol. The van der Waals surface area contributed by atoms with Gasteiger partial charge in [-0.05, 0) is 39.2 Å². The van der Waals surface area contributed by atoms with E-state index in [1.165, 1.54) is 7.11 Å². The summed E-state index contributed by atoms with van der Waals surface area (Å²) in [6, 6.07) is 8.27. The second kappa shape index (κ2) is 12.1. The van der Waals surface area contributed by atoms with Crippen molar-refractivity contribution in [2.24, 2.45) is 11.8 Å². The van der Waals surface area contributed by atoms with Crippen molar-refractivity contribution < 1.29 is 23.9 Å². The Balaban J connectivity index is 2.88. The van der Waals surface area contributed by atoms with E-state index in [1.54, 1.807) is 39.8 Å². The molecule has 0 aromatic heterocycles. The molecule has 31 heavy (non-hydrogen) atoms. The average Bonchev–Trinajstić information content (AvgIpc) is 2.66. The molecule has 7 heteroatoms. The van der Waals surface area contributed by atoms with Crippen LogP contribution in [0.25, 0.3) is 0 Å². The number of hydrogen-bond donors (Lipinski definition) is 2. The molecule has 0 radical (unpaired) electrons. The zero-order valence-electron chi connectivity index (χ0n) is 19.6. The maximum atomic E-state index is 12.9. The fourth-order valence-electron chi connectivity index (χ4n) is 2.88. The van der Waals surface area contributed by atoms with Crippen LogP contribution in [0, 0.1) is 11.8 Å². The Morgan fingerprint density at radius 3 is 2.13 bits per heavy atom. The summed E-state index contributed by atoms with van der Waals surface area (Å²) in [6.07, 6.45) is 3.16. The van der Waals surface area contributed by atoms with Crippen molar-refractivity contribution in [1.29, 1.82) is 0 Å². The third-order valence-corrected chi connectivity index (χ3v) is 4.46. The molecule has 172 valence electrons. The van der Waals surface area contributed by atoms with E-state index in [1.807, 2.05) is 44.2 Å². The molecule has 1 aromatic rings. The van der Waals surface area contributed by atoms with Crippen LogP contribution >= 0.6 is 0 Å². The number of carbonyl (C=O) groups excluding carboxylic acids is 3. The number of alkyl carbamates (subject to hydrolysis) is 1. The van der Waals surface area contributed by atoms with Crippen molar-refractivity contribution in [3.63, 3.8) is 0 Å². The fraction of sp³-hybridized carbons (Fsp3) is 0.542. The number of amides is 2. The molecule has 2 amide bonds. The predicted molar refractivity (Wildman–Crippen MR) is 120 cm³/mol. The maximum Gasteiger partial charge on any atom is 0.408 e. The van der Waals surface area contributed by atoms with Gasteiger partial charge in [0.25, 0.3) is 0 Å². The van der Waals surface area contributed by atoms with Crippen molar-refractivity contribution in [3.05, 3.63) is 48.0 Å². The predicted octanol–water partition coefficient (Wildman–Crippen LogP) is 3.63. The third kappa shape index (κ3) is 10.2. The number of carbonyl (C=O) groups is 3. The van der Waals surface area contributed by atoms with Gasteiger partial charge in [0.15, 0.2) is 0 Å². The summed E-state index contributed by atoms with van der Waals surface area (Å²) in [4.78, 5) is 37.1. The van der Waals surface area contributed by atoms with Crippen LogP contribution < -0.4 is 10.6 Å². The van der Waals surface area contributed by atoms with Crippen LogP contribution in [-0.2, 0) is 25.5 Å². The first kappa shape index (κ1) is 26.2. The van der Waals surface area contributed by atoms with Gasteiger partial charge in [0, 0.05) is 12.5 Å². The minimum atomic E-state index is -0.811. The lowest BCUT2D eigenvalue weighted by atomic mass is 9.95. The molecule has 0 heterocycles. The molecule has 0 fully saturated rings. The highest BCUT2D eigenvalue weighted by Crippen LogP contribution is 2.15. The molecule has 7 nitrogen and oxygen atoms in total. The molecular weight excluding hydrogens is 396 g/mol. The Morgan fingerprint density at radius 2 is 1.61 bits per heavy atom. The summed E-state index contributed by atoms with van der Waals surface area (Å²) >= 11 is 0. The summed E-state index contributed by atoms with van der Waals surface area (Å²) < 4.78 is 10.1. The average molecular weight is 433 g/mol. The Bertz CT molecular complexity index is 753. The van der Waals surface area contributed by atoms with E-state index >= 15 is 0 Å². The van der Waals surface area contributed by atoms with Gasteiger partial charge in [-0.3, -0.25) is 9.59 Å². The van der Waals surface area contributed by atoms with Gasteiger partial charge in [0.05, 0.1) is 13.0 Å². The summed E-state index contributed by atoms with van der Waals surface area (Å²) in [5, 5.41) is 5.54. The van der Waals surface area contributed by atoms with E-state index in [2.05, 4.69) is 10.6 Å². The van der Waals surface area contributed by atoms with Gasteiger partial charge >= 0.3 is 12.1 Å². The Labute approximate surface area is 185 Å². The van der Waals surface area contributed by atoms with Crippen LogP contribution in [0.5, 0.6) is 0 Å². The van der Waals surface area contributed by atoms with E-state index in [0.29, 0.717) is 6.42 Å². The smallest absolute Gasteiger partial charge is 0.408 e. The van der Waals surface area contributed by atoms with Crippen molar-refractivity contribution in [3.8, 4) is 0 Å². The lowest BCUT2D eigenvalue weighted by molar-refractivity contribution is -0.145. The molecule has 0 aliphatic carbocycles. The topological polar surface area (TPSA) is 93.7 Å². The van der Waals surface area contributed by atoms with Gasteiger partial charge in [-0.2, -0.15) is 0 Å².